The van der Waals surface area contributed by atoms with Crippen LogP contribution in [-0.2, 0) is 22.7 Å². The van der Waals surface area contributed by atoms with Gasteiger partial charge in [-0.05, 0) is 12.0 Å². The molecule has 3 aromatic rings. The van der Waals surface area contributed by atoms with Crippen LogP contribution >= 0.6 is 11.3 Å². The van der Waals surface area contributed by atoms with E-state index in [1.54, 1.807) is 22.6 Å². The van der Waals surface area contributed by atoms with Gasteiger partial charge in [-0.15, -0.1) is 11.3 Å². The average Bonchev–Trinajstić information content (AvgIpc) is 3.29. The summed E-state index contributed by atoms with van der Waals surface area (Å²) in [7, 11) is 0. The van der Waals surface area contributed by atoms with Gasteiger partial charge in [-0.2, -0.15) is 0 Å². The van der Waals surface area contributed by atoms with Crippen LogP contribution in [0, 0.1) is 0 Å². The monoisotopic (exact) mass is 408 g/mol. The van der Waals surface area contributed by atoms with Gasteiger partial charge in [0.15, 0.2) is 0 Å². The highest BCUT2D eigenvalue weighted by Gasteiger charge is 2.29. The van der Waals surface area contributed by atoms with E-state index in [9.17, 15) is 9.59 Å². The van der Waals surface area contributed by atoms with Gasteiger partial charge in [0.25, 0.3) is 0 Å². The summed E-state index contributed by atoms with van der Waals surface area (Å²) >= 11 is 1.55. The molecule has 0 radical (unpaired) electrons. The number of fused-ring (bicyclic) bond motifs is 3. The van der Waals surface area contributed by atoms with Crippen molar-refractivity contribution in [1.29, 1.82) is 0 Å². The van der Waals surface area contributed by atoms with E-state index in [1.807, 2.05) is 18.2 Å². The van der Waals surface area contributed by atoms with Crippen LogP contribution in [0.2, 0.25) is 0 Å². The van der Waals surface area contributed by atoms with E-state index < -0.39 is 5.97 Å². The second-order valence-electron chi connectivity index (χ2n) is 6.79. The second kappa shape index (κ2) is 8.00. The first kappa shape index (κ1) is 19.1. The Hall–Kier alpha value is -3.26. The number of rotatable bonds is 6. The van der Waals surface area contributed by atoms with Gasteiger partial charge in [0.1, 0.15) is 17.0 Å². The van der Waals surface area contributed by atoms with Gasteiger partial charge in [0.2, 0.25) is 5.91 Å². The predicted molar refractivity (Wildman–Crippen MR) is 112 cm³/mol. The Labute approximate surface area is 171 Å². The first-order valence-electron chi connectivity index (χ1n) is 9.33. The molecule has 2 N–H and O–H groups in total. The molecule has 1 atom stereocenters. The van der Waals surface area contributed by atoms with Crippen molar-refractivity contribution in [1.82, 2.24) is 14.9 Å². The van der Waals surface area contributed by atoms with E-state index in [-0.39, 0.29) is 11.9 Å². The minimum absolute atomic E-state index is 0.113. The standard InChI is InChI=1S/C21H20N4O3S/c1-2-15(13-6-4-3-5-7-13)24-20-19-14-10-25(17(26)8-9-18(27)28)11-16(14)29-21(19)23-12-22-20/h3-9,12,15H,2,10-11H2,1H3,(H,27,28)(H,22,23,24)/b9-8+/t15-/m1/s1. The minimum atomic E-state index is -1.14. The van der Waals surface area contributed by atoms with Crippen LogP contribution in [0.15, 0.2) is 48.8 Å². The van der Waals surface area contributed by atoms with Crippen molar-refractivity contribution in [2.75, 3.05) is 5.32 Å². The number of aromatic nitrogens is 2. The Balaban J connectivity index is 1.64. The fourth-order valence-electron chi connectivity index (χ4n) is 3.54. The molecule has 0 saturated heterocycles. The maximum absolute atomic E-state index is 12.3. The Kier molecular flexibility index (Phi) is 5.26. The molecular formula is C21H20N4O3S. The van der Waals surface area contributed by atoms with Crippen LogP contribution in [0.4, 0.5) is 5.82 Å². The molecule has 8 heteroatoms. The number of anilines is 1. The molecule has 7 nitrogen and oxygen atoms in total. The van der Waals surface area contributed by atoms with E-state index in [1.165, 1.54) is 5.56 Å². The SMILES string of the molecule is CC[C@@H](Nc1ncnc2sc3c(c12)CN(C(=O)/C=C/C(=O)O)C3)c1ccccc1. The third-order valence-corrected chi connectivity index (χ3v) is 6.08. The molecule has 148 valence electrons. The summed E-state index contributed by atoms with van der Waals surface area (Å²) < 4.78 is 0. The smallest absolute Gasteiger partial charge is 0.328 e. The first-order valence-corrected chi connectivity index (χ1v) is 10.1. The lowest BCUT2D eigenvalue weighted by atomic mass is 10.0. The third kappa shape index (κ3) is 3.84. The van der Waals surface area contributed by atoms with Crippen LogP contribution in [0.5, 0.6) is 0 Å². The molecule has 0 aliphatic carbocycles. The van der Waals surface area contributed by atoms with Crippen LogP contribution in [0.3, 0.4) is 0 Å². The average molecular weight is 408 g/mol. The molecule has 4 rings (SSSR count). The van der Waals surface area contributed by atoms with Crippen molar-refractivity contribution in [2.45, 2.75) is 32.5 Å². The summed E-state index contributed by atoms with van der Waals surface area (Å²) in [6.07, 6.45) is 4.42. The molecule has 0 spiro atoms. The number of nitrogens with one attached hydrogen (secondary N) is 1. The van der Waals surface area contributed by atoms with E-state index in [0.29, 0.717) is 13.1 Å². The number of carbonyl (C=O) groups is 2. The molecule has 1 amide bonds. The number of carboxylic acids is 1. The molecule has 0 fully saturated rings. The van der Waals surface area contributed by atoms with E-state index in [0.717, 1.165) is 45.0 Å². The molecule has 1 aliphatic heterocycles. The summed E-state index contributed by atoms with van der Waals surface area (Å²) in [5, 5.41) is 13.2. The van der Waals surface area contributed by atoms with Crippen molar-refractivity contribution in [3.8, 4) is 0 Å². The van der Waals surface area contributed by atoms with E-state index in [2.05, 4.69) is 34.3 Å². The van der Waals surface area contributed by atoms with E-state index >= 15 is 0 Å². The van der Waals surface area contributed by atoms with Gasteiger partial charge in [0.05, 0.1) is 18.0 Å². The molecule has 3 heterocycles. The van der Waals surface area contributed by atoms with Gasteiger partial charge in [-0.25, -0.2) is 14.8 Å². The maximum atomic E-state index is 12.3. The Bertz CT molecular complexity index is 1090. The minimum Gasteiger partial charge on any atom is -0.478 e. The van der Waals surface area contributed by atoms with Gasteiger partial charge >= 0.3 is 5.97 Å². The molecule has 0 unspecified atom stereocenters. The van der Waals surface area contributed by atoms with Crippen LogP contribution in [0.25, 0.3) is 10.2 Å². The zero-order chi connectivity index (χ0) is 20.4. The van der Waals surface area contributed by atoms with Crippen molar-refractivity contribution in [2.24, 2.45) is 0 Å². The largest absolute Gasteiger partial charge is 0.478 e. The highest BCUT2D eigenvalue weighted by molar-refractivity contribution is 7.19. The fraction of sp³-hybridized carbons (Fsp3) is 0.238. The number of carbonyl (C=O) groups excluding carboxylic acids is 1. The zero-order valence-corrected chi connectivity index (χ0v) is 16.6. The number of carboxylic acid groups (broad SMARTS) is 1. The number of benzene rings is 1. The number of amides is 1. The van der Waals surface area contributed by atoms with Crippen molar-refractivity contribution in [3.05, 3.63) is 64.8 Å². The van der Waals surface area contributed by atoms with Crippen molar-refractivity contribution < 1.29 is 14.7 Å². The van der Waals surface area contributed by atoms with Crippen molar-refractivity contribution >= 4 is 39.2 Å². The number of nitrogens with zero attached hydrogens (tertiary/aromatic N) is 3. The highest BCUT2D eigenvalue weighted by Crippen LogP contribution is 2.40. The Morgan fingerprint density at radius 3 is 2.76 bits per heavy atom. The van der Waals surface area contributed by atoms with Crippen LogP contribution < -0.4 is 5.32 Å². The van der Waals surface area contributed by atoms with Crippen LogP contribution in [-0.4, -0.2) is 31.9 Å². The summed E-state index contributed by atoms with van der Waals surface area (Å²) in [4.78, 5) is 35.4. The molecule has 2 aromatic heterocycles. The number of hydrogen-bond acceptors (Lipinski definition) is 6. The van der Waals surface area contributed by atoms with Gasteiger partial charge < -0.3 is 15.3 Å². The number of hydrogen-bond donors (Lipinski definition) is 2. The normalized spacial score (nSPS) is 14.3. The van der Waals surface area contributed by atoms with E-state index in [4.69, 9.17) is 5.11 Å². The molecule has 29 heavy (non-hydrogen) atoms. The lowest BCUT2D eigenvalue weighted by Crippen LogP contribution is -2.23. The topological polar surface area (TPSA) is 95.4 Å². The molecule has 0 bridgehead atoms. The van der Waals surface area contributed by atoms with Gasteiger partial charge in [0, 0.05) is 29.1 Å². The molecule has 1 aliphatic rings. The fourth-order valence-corrected chi connectivity index (χ4v) is 4.70. The Morgan fingerprint density at radius 1 is 1.24 bits per heavy atom. The summed E-state index contributed by atoms with van der Waals surface area (Å²) in [5.74, 6) is -0.686. The lowest BCUT2D eigenvalue weighted by Gasteiger charge is -2.19. The predicted octanol–water partition coefficient (Wildman–Crippen LogP) is 3.74. The summed E-state index contributed by atoms with van der Waals surface area (Å²) in [6.45, 7) is 2.99. The number of thiophene rings is 1. The summed E-state index contributed by atoms with van der Waals surface area (Å²) in [5.41, 5.74) is 2.22. The second-order valence-corrected chi connectivity index (χ2v) is 7.87. The quantitative estimate of drug-likeness (QED) is 0.604. The lowest BCUT2D eigenvalue weighted by molar-refractivity contribution is -0.132. The number of aliphatic carboxylic acids is 1. The molecular weight excluding hydrogens is 388 g/mol. The Morgan fingerprint density at radius 2 is 2.03 bits per heavy atom. The maximum Gasteiger partial charge on any atom is 0.328 e. The highest BCUT2D eigenvalue weighted by atomic mass is 32.1. The van der Waals surface area contributed by atoms with Crippen LogP contribution in [0.1, 0.15) is 35.4 Å². The van der Waals surface area contributed by atoms with Crippen molar-refractivity contribution in [3.63, 3.8) is 0 Å². The molecule has 0 saturated carbocycles. The third-order valence-electron chi connectivity index (χ3n) is 4.96. The first-order chi connectivity index (χ1) is 14.1. The molecule has 1 aromatic carbocycles. The summed E-state index contributed by atoms with van der Waals surface area (Å²) in [6, 6.07) is 10.3. The zero-order valence-electron chi connectivity index (χ0n) is 15.8. The van der Waals surface area contributed by atoms with Gasteiger partial charge in [-0.3, -0.25) is 4.79 Å². The van der Waals surface area contributed by atoms with Gasteiger partial charge in [-0.1, -0.05) is 37.3 Å².